The highest BCUT2D eigenvalue weighted by atomic mass is 16.6. The van der Waals surface area contributed by atoms with Crippen LogP contribution in [0.3, 0.4) is 0 Å². The van der Waals surface area contributed by atoms with Gasteiger partial charge in [0.2, 0.25) is 0 Å². The molecule has 6 heteroatoms. The molecule has 0 saturated heterocycles. The zero-order valence-electron chi connectivity index (χ0n) is 11.4. The van der Waals surface area contributed by atoms with Gasteiger partial charge in [-0.25, -0.2) is 0 Å². The highest BCUT2D eigenvalue weighted by molar-refractivity contribution is 5.98. The molecule has 1 aliphatic rings. The lowest BCUT2D eigenvalue weighted by Gasteiger charge is -2.22. The minimum absolute atomic E-state index is 0.0385. The van der Waals surface area contributed by atoms with Crippen LogP contribution in [0.1, 0.15) is 41.6 Å². The monoisotopic (exact) mass is 278 g/mol. The van der Waals surface area contributed by atoms with Crippen molar-refractivity contribution in [1.29, 1.82) is 0 Å². The first-order chi connectivity index (χ1) is 9.43. The van der Waals surface area contributed by atoms with Crippen molar-refractivity contribution in [1.82, 2.24) is 5.32 Å². The molecule has 0 radical (unpaired) electrons. The number of nitro groups is 1. The van der Waals surface area contributed by atoms with E-state index in [0.717, 1.165) is 12.8 Å². The number of para-hydroxylation sites is 1. The largest absolute Gasteiger partial charge is 0.388 e. The molecule has 20 heavy (non-hydrogen) atoms. The summed E-state index contributed by atoms with van der Waals surface area (Å²) in [6.45, 7) is 1.73. The third kappa shape index (κ3) is 2.96. The molecular weight excluding hydrogens is 260 g/mol. The van der Waals surface area contributed by atoms with E-state index in [4.69, 9.17) is 0 Å². The van der Waals surface area contributed by atoms with E-state index in [1.165, 1.54) is 6.07 Å². The molecule has 108 valence electrons. The molecule has 0 heterocycles. The number of nitro benzene ring substituents is 1. The predicted octanol–water partition coefficient (Wildman–Crippen LogP) is 1.94. The summed E-state index contributed by atoms with van der Waals surface area (Å²) in [7, 11) is 0. The Labute approximate surface area is 117 Å². The zero-order valence-corrected chi connectivity index (χ0v) is 11.4. The summed E-state index contributed by atoms with van der Waals surface area (Å²) in [6.07, 6.45) is 3.19. The van der Waals surface area contributed by atoms with Crippen LogP contribution in [0.15, 0.2) is 18.2 Å². The van der Waals surface area contributed by atoms with Gasteiger partial charge in [0.25, 0.3) is 11.6 Å². The summed E-state index contributed by atoms with van der Waals surface area (Å²) in [6, 6.07) is 4.64. The second kappa shape index (κ2) is 5.58. The van der Waals surface area contributed by atoms with Crippen LogP contribution >= 0.6 is 0 Å². The molecule has 2 N–H and O–H groups in total. The van der Waals surface area contributed by atoms with E-state index >= 15 is 0 Å². The maximum absolute atomic E-state index is 12.1. The van der Waals surface area contributed by atoms with Gasteiger partial charge < -0.3 is 10.4 Å². The molecular formula is C14H18N2O4. The highest BCUT2D eigenvalue weighted by Gasteiger charge is 2.32. The van der Waals surface area contributed by atoms with Crippen LogP contribution in [0, 0.1) is 17.0 Å². The minimum atomic E-state index is -0.867. The number of amides is 1. The summed E-state index contributed by atoms with van der Waals surface area (Å²) in [4.78, 5) is 22.6. The maximum atomic E-state index is 12.1. The van der Waals surface area contributed by atoms with E-state index in [9.17, 15) is 20.0 Å². The van der Waals surface area contributed by atoms with E-state index in [-0.39, 0.29) is 17.8 Å². The van der Waals surface area contributed by atoms with Crippen molar-refractivity contribution < 1.29 is 14.8 Å². The molecule has 1 aromatic rings. The molecule has 1 fully saturated rings. The molecule has 0 aromatic heterocycles. The van der Waals surface area contributed by atoms with Gasteiger partial charge in [0.1, 0.15) is 5.56 Å². The van der Waals surface area contributed by atoms with E-state index in [2.05, 4.69) is 5.32 Å². The van der Waals surface area contributed by atoms with Crippen LogP contribution in [-0.2, 0) is 0 Å². The van der Waals surface area contributed by atoms with Gasteiger partial charge in [-0.05, 0) is 25.8 Å². The molecule has 0 atom stereocenters. The Hall–Kier alpha value is -1.95. The topological polar surface area (TPSA) is 92.5 Å². The lowest BCUT2D eigenvalue weighted by molar-refractivity contribution is -0.385. The third-order valence-corrected chi connectivity index (χ3v) is 3.78. The van der Waals surface area contributed by atoms with Crippen molar-refractivity contribution >= 4 is 11.6 Å². The second-order valence-electron chi connectivity index (χ2n) is 5.34. The van der Waals surface area contributed by atoms with Crippen molar-refractivity contribution in [2.45, 2.75) is 38.2 Å². The number of aryl methyl sites for hydroxylation is 1. The summed E-state index contributed by atoms with van der Waals surface area (Å²) < 4.78 is 0. The van der Waals surface area contributed by atoms with Crippen LogP contribution < -0.4 is 5.32 Å². The minimum Gasteiger partial charge on any atom is -0.388 e. The van der Waals surface area contributed by atoms with Gasteiger partial charge in [0.05, 0.1) is 10.5 Å². The van der Waals surface area contributed by atoms with Crippen molar-refractivity contribution in [2.24, 2.45) is 0 Å². The first kappa shape index (κ1) is 14.5. The summed E-state index contributed by atoms with van der Waals surface area (Å²) in [5.74, 6) is -0.513. The average molecular weight is 278 g/mol. The number of hydrogen-bond donors (Lipinski definition) is 2. The van der Waals surface area contributed by atoms with E-state index < -0.39 is 16.4 Å². The molecule has 0 unspecified atom stereocenters. The van der Waals surface area contributed by atoms with E-state index in [0.29, 0.717) is 18.4 Å². The highest BCUT2D eigenvalue weighted by Crippen LogP contribution is 2.29. The Bertz CT molecular complexity index is 536. The first-order valence-electron chi connectivity index (χ1n) is 6.67. The Morgan fingerprint density at radius 3 is 2.70 bits per heavy atom. The van der Waals surface area contributed by atoms with Gasteiger partial charge in [0, 0.05) is 12.1 Å². The first-order valence-corrected chi connectivity index (χ1v) is 6.67. The smallest absolute Gasteiger partial charge is 0.285 e. The number of nitrogens with one attached hydrogen (secondary N) is 1. The lowest BCUT2D eigenvalue weighted by Crippen LogP contribution is -2.40. The van der Waals surface area contributed by atoms with Gasteiger partial charge in [-0.15, -0.1) is 0 Å². The summed E-state index contributed by atoms with van der Waals surface area (Å²) in [5, 5.41) is 23.8. The number of nitrogens with zero attached hydrogens (tertiary/aromatic N) is 1. The van der Waals surface area contributed by atoms with E-state index in [1.54, 1.807) is 19.1 Å². The van der Waals surface area contributed by atoms with Crippen LogP contribution in [0.25, 0.3) is 0 Å². The summed E-state index contributed by atoms with van der Waals surface area (Å²) >= 11 is 0. The van der Waals surface area contributed by atoms with Gasteiger partial charge >= 0.3 is 0 Å². The van der Waals surface area contributed by atoms with Gasteiger partial charge in [-0.1, -0.05) is 25.0 Å². The fourth-order valence-corrected chi connectivity index (χ4v) is 2.63. The molecule has 0 aliphatic heterocycles. The van der Waals surface area contributed by atoms with Crippen molar-refractivity contribution in [3.05, 3.63) is 39.4 Å². The molecule has 1 amide bonds. The van der Waals surface area contributed by atoms with Crippen LogP contribution in [0.5, 0.6) is 0 Å². The SMILES string of the molecule is Cc1cccc(C(=O)NCC2(O)CCCC2)c1[N+](=O)[O-]. The van der Waals surface area contributed by atoms with Crippen LogP contribution in [0.4, 0.5) is 5.69 Å². The molecule has 6 nitrogen and oxygen atoms in total. The van der Waals surface area contributed by atoms with Gasteiger partial charge in [0.15, 0.2) is 0 Å². The molecule has 2 rings (SSSR count). The molecule has 0 bridgehead atoms. The Morgan fingerprint density at radius 2 is 2.10 bits per heavy atom. The molecule has 1 saturated carbocycles. The number of carbonyl (C=O) groups is 1. The standard InChI is InChI=1S/C14H18N2O4/c1-10-5-4-6-11(12(10)16(19)20)13(17)15-9-14(18)7-2-3-8-14/h4-6,18H,2-3,7-9H2,1H3,(H,15,17). The summed E-state index contributed by atoms with van der Waals surface area (Å²) in [5.41, 5.74) is -0.559. The number of rotatable bonds is 4. The second-order valence-corrected chi connectivity index (χ2v) is 5.34. The molecule has 1 aliphatic carbocycles. The normalized spacial score (nSPS) is 16.9. The Balaban J connectivity index is 2.13. The predicted molar refractivity (Wildman–Crippen MR) is 73.6 cm³/mol. The molecule has 0 spiro atoms. The van der Waals surface area contributed by atoms with Crippen molar-refractivity contribution in [3.8, 4) is 0 Å². The van der Waals surface area contributed by atoms with Gasteiger partial charge in [-0.3, -0.25) is 14.9 Å². The van der Waals surface area contributed by atoms with Crippen LogP contribution in [-0.4, -0.2) is 28.1 Å². The fraction of sp³-hybridized carbons (Fsp3) is 0.500. The quantitative estimate of drug-likeness (QED) is 0.650. The van der Waals surface area contributed by atoms with Crippen LogP contribution in [0.2, 0.25) is 0 Å². The van der Waals surface area contributed by atoms with Crippen molar-refractivity contribution in [3.63, 3.8) is 0 Å². The number of carbonyl (C=O) groups excluding carboxylic acids is 1. The van der Waals surface area contributed by atoms with Gasteiger partial charge in [-0.2, -0.15) is 0 Å². The third-order valence-electron chi connectivity index (χ3n) is 3.78. The number of hydrogen-bond acceptors (Lipinski definition) is 4. The zero-order chi connectivity index (χ0) is 14.8. The Morgan fingerprint density at radius 1 is 1.45 bits per heavy atom. The number of benzene rings is 1. The lowest BCUT2D eigenvalue weighted by atomic mass is 10.0. The fourth-order valence-electron chi connectivity index (χ4n) is 2.63. The van der Waals surface area contributed by atoms with Crippen molar-refractivity contribution in [2.75, 3.05) is 6.54 Å². The average Bonchev–Trinajstić information content (AvgIpc) is 2.82. The Kier molecular flexibility index (Phi) is 4.04. The number of aliphatic hydroxyl groups is 1. The van der Waals surface area contributed by atoms with E-state index in [1.807, 2.05) is 0 Å². The maximum Gasteiger partial charge on any atom is 0.285 e. The molecule has 1 aromatic carbocycles.